The minimum absolute atomic E-state index is 0.0189. The number of carbonyl (C=O) groups is 1. The molecule has 2 N–H and O–H groups in total. The van der Waals surface area contributed by atoms with Gasteiger partial charge in [-0.25, -0.2) is 0 Å². The smallest absolute Gasteiger partial charge is 0.254 e. The average molecular weight is 250 g/mol. The van der Waals surface area contributed by atoms with E-state index in [1.54, 1.807) is 11.0 Å². The number of aromatic amines is 1. The molecule has 1 aromatic rings. The second-order valence-electron chi connectivity index (χ2n) is 4.63. The van der Waals surface area contributed by atoms with Crippen molar-refractivity contribution in [3.63, 3.8) is 0 Å². The highest BCUT2D eigenvalue weighted by Crippen LogP contribution is 2.18. The molecule has 2 rings (SSSR count). The zero-order valence-electron chi connectivity index (χ0n) is 10.3. The number of nitrogens with zero attached hydrogens (tertiary/aromatic N) is 1. The van der Waals surface area contributed by atoms with E-state index in [2.05, 4.69) is 4.98 Å². The van der Waals surface area contributed by atoms with Crippen molar-refractivity contribution < 1.29 is 9.90 Å². The summed E-state index contributed by atoms with van der Waals surface area (Å²) in [5.74, 6) is -0.165. The van der Waals surface area contributed by atoms with Gasteiger partial charge in [0.15, 0.2) is 0 Å². The van der Waals surface area contributed by atoms with Crippen molar-refractivity contribution >= 4 is 5.91 Å². The molecule has 5 heteroatoms. The van der Waals surface area contributed by atoms with Gasteiger partial charge in [-0.2, -0.15) is 0 Å². The number of rotatable bonds is 2. The number of nitrogens with one attached hydrogen (secondary N) is 1. The van der Waals surface area contributed by atoms with E-state index >= 15 is 0 Å². The van der Waals surface area contributed by atoms with Gasteiger partial charge < -0.3 is 15.0 Å². The molecule has 1 atom stereocenters. The van der Waals surface area contributed by atoms with Crippen LogP contribution >= 0.6 is 0 Å². The molecule has 0 bridgehead atoms. The standard InChI is InChI=1S/C13H18N2O3/c16-9-11-4-2-1-3-7-15(11)13(18)10-5-6-14-12(17)8-10/h5-6,8,11,16H,1-4,7,9H2,(H,14,17). The van der Waals surface area contributed by atoms with E-state index in [0.717, 1.165) is 25.7 Å². The summed E-state index contributed by atoms with van der Waals surface area (Å²) in [4.78, 5) is 27.7. The first-order valence-electron chi connectivity index (χ1n) is 6.33. The van der Waals surface area contributed by atoms with Gasteiger partial charge in [0.25, 0.3) is 5.91 Å². The molecule has 0 spiro atoms. The Labute approximate surface area is 105 Å². The highest BCUT2D eigenvalue weighted by Gasteiger charge is 2.25. The minimum Gasteiger partial charge on any atom is -0.394 e. The predicted octanol–water partition coefficient (Wildman–Crippen LogP) is 0.752. The van der Waals surface area contributed by atoms with Crippen LogP contribution in [0.25, 0.3) is 0 Å². The molecule has 0 radical (unpaired) electrons. The van der Waals surface area contributed by atoms with Gasteiger partial charge in [-0.05, 0) is 18.9 Å². The number of hydrogen-bond donors (Lipinski definition) is 2. The zero-order valence-corrected chi connectivity index (χ0v) is 10.3. The van der Waals surface area contributed by atoms with Gasteiger partial charge in [0, 0.05) is 24.4 Å². The average Bonchev–Trinajstić information content (AvgIpc) is 2.62. The number of aliphatic hydroxyl groups is 1. The summed E-state index contributed by atoms with van der Waals surface area (Å²) >= 11 is 0. The van der Waals surface area contributed by atoms with E-state index < -0.39 is 0 Å². The Morgan fingerprint density at radius 1 is 1.44 bits per heavy atom. The highest BCUT2D eigenvalue weighted by molar-refractivity contribution is 5.94. The number of pyridine rings is 1. The van der Waals surface area contributed by atoms with Crippen molar-refractivity contribution in [2.75, 3.05) is 13.2 Å². The molecule has 5 nitrogen and oxygen atoms in total. The molecule has 1 saturated heterocycles. The summed E-state index contributed by atoms with van der Waals surface area (Å²) in [6.07, 6.45) is 5.36. The summed E-state index contributed by atoms with van der Waals surface area (Å²) in [5, 5.41) is 9.38. The quantitative estimate of drug-likeness (QED) is 0.813. The fourth-order valence-electron chi connectivity index (χ4n) is 2.38. The molecule has 1 fully saturated rings. The fourth-order valence-corrected chi connectivity index (χ4v) is 2.38. The van der Waals surface area contributed by atoms with Crippen LogP contribution in [0.4, 0.5) is 0 Å². The lowest BCUT2D eigenvalue weighted by Crippen LogP contribution is -2.42. The topological polar surface area (TPSA) is 73.4 Å². The molecule has 1 unspecified atom stereocenters. The molecule has 2 heterocycles. The van der Waals surface area contributed by atoms with Crippen molar-refractivity contribution in [1.29, 1.82) is 0 Å². The van der Waals surface area contributed by atoms with Crippen molar-refractivity contribution in [2.24, 2.45) is 0 Å². The van der Waals surface area contributed by atoms with Crippen molar-refractivity contribution in [3.05, 3.63) is 34.2 Å². The van der Waals surface area contributed by atoms with Crippen molar-refractivity contribution in [2.45, 2.75) is 31.7 Å². The molecule has 18 heavy (non-hydrogen) atoms. The Morgan fingerprint density at radius 2 is 2.28 bits per heavy atom. The van der Waals surface area contributed by atoms with Crippen LogP contribution in [0, 0.1) is 0 Å². The Kier molecular flexibility index (Phi) is 4.15. The molecule has 98 valence electrons. The third-order valence-corrected chi connectivity index (χ3v) is 3.37. The summed E-state index contributed by atoms with van der Waals surface area (Å²) in [6, 6.07) is 2.78. The number of carbonyl (C=O) groups excluding carboxylic acids is 1. The first-order chi connectivity index (χ1) is 8.72. The lowest BCUT2D eigenvalue weighted by Gasteiger charge is -2.28. The monoisotopic (exact) mass is 250 g/mol. The van der Waals surface area contributed by atoms with E-state index in [1.165, 1.54) is 12.3 Å². The SMILES string of the molecule is O=C(c1cc[nH]c(=O)c1)N1CCCCCC1CO. The molecular weight excluding hydrogens is 232 g/mol. The zero-order chi connectivity index (χ0) is 13.0. The number of aromatic nitrogens is 1. The van der Waals surface area contributed by atoms with Crippen LogP contribution in [0.1, 0.15) is 36.0 Å². The van der Waals surface area contributed by atoms with Crippen molar-refractivity contribution in [1.82, 2.24) is 9.88 Å². The number of hydrogen-bond acceptors (Lipinski definition) is 3. The van der Waals surface area contributed by atoms with Gasteiger partial charge in [-0.15, -0.1) is 0 Å². The molecule has 0 saturated carbocycles. The maximum Gasteiger partial charge on any atom is 0.254 e. The van der Waals surface area contributed by atoms with E-state index in [1.807, 2.05) is 0 Å². The highest BCUT2D eigenvalue weighted by atomic mass is 16.3. The summed E-state index contributed by atoms with van der Waals surface area (Å²) < 4.78 is 0. The molecule has 0 aromatic carbocycles. The normalized spacial score (nSPS) is 20.5. The third kappa shape index (κ3) is 2.79. The second kappa shape index (κ2) is 5.82. The second-order valence-corrected chi connectivity index (χ2v) is 4.63. The van der Waals surface area contributed by atoms with E-state index in [9.17, 15) is 14.7 Å². The van der Waals surface area contributed by atoms with Crippen LogP contribution in [0.2, 0.25) is 0 Å². The Bertz CT molecular complexity index is 469. The first kappa shape index (κ1) is 12.8. The van der Waals surface area contributed by atoms with Crippen molar-refractivity contribution in [3.8, 4) is 0 Å². The molecule has 1 amide bonds. The Balaban J connectivity index is 2.22. The van der Waals surface area contributed by atoms with Crippen LogP contribution < -0.4 is 5.56 Å². The Morgan fingerprint density at radius 3 is 3.00 bits per heavy atom. The van der Waals surface area contributed by atoms with Crippen LogP contribution in [-0.2, 0) is 0 Å². The lowest BCUT2D eigenvalue weighted by atomic mass is 10.1. The molecular formula is C13H18N2O3. The number of amides is 1. The number of likely N-dealkylation sites (tertiary alicyclic amines) is 1. The first-order valence-corrected chi connectivity index (χ1v) is 6.33. The van der Waals surface area contributed by atoms with Crippen LogP contribution in [0.15, 0.2) is 23.1 Å². The predicted molar refractivity (Wildman–Crippen MR) is 67.4 cm³/mol. The van der Waals surface area contributed by atoms with Gasteiger partial charge in [0.05, 0.1) is 12.6 Å². The molecule has 1 aliphatic rings. The van der Waals surface area contributed by atoms with Gasteiger partial charge in [-0.3, -0.25) is 9.59 Å². The van der Waals surface area contributed by atoms with E-state index in [4.69, 9.17) is 0 Å². The minimum atomic E-state index is -0.281. The van der Waals surface area contributed by atoms with Gasteiger partial charge >= 0.3 is 0 Å². The molecule has 0 aliphatic carbocycles. The van der Waals surface area contributed by atoms with Gasteiger partial charge in [0.2, 0.25) is 5.56 Å². The molecule has 1 aliphatic heterocycles. The summed E-state index contributed by atoms with van der Waals surface area (Å²) in [7, 11) is 0. The lowest BCUT2D eigenvalue weighted by molar-refractivity contribution is 0.0599. The fraction of sp³-hybridized carbons (Fsp3) is 0.538. The van der Waals surface area contributed by atoms with Crippen LogP contribution in [-0.4, -0.2) is 40.1 Å². The molecule has 1 aromatic heterocycles. The largest absolute Gasteiger partial charge is 0.394 e. The van der Waals surface area contributed by atoms with Gasteiger partial charge in [0.1, 0.15) is 0 Å². The number of aliphatic hydroxyl groups excluding tert-OH is 1. The maximum atomic E-state index is 12.3. The van der Waals surface area contributed by atoms with E-state index in [0.29, 0.717) is 12.1 Å². The summed E-state index contributed by atoms with van der Waals surface area (Å²) in [5.41, 5.74) is 0.107. The van der Waals surface area contributed by atoms with Gasteiger partial charge in [-0.1, -0.05) is 12.8 Å². The number of H-pyrrole nitrogens is 1. The van der Waals surface area contributed by atoms with E-state index in [-0.39, 0.29) is 24.1 Å². The summed E-state index contributed by atoms with van der Waals surface area (Å²) in [6.45, 7) is 0.631. The van der Waals surface area contributed by atoms with Crippen LogP contribution in [0.3, 0.4) is 0 Å². The Hall–Kier alpha value is -1.62. The third-order valence-electron chi connectivity index (χ3n) is 3.37. The van der Waals surface area contributed by atoms with Crippen LogP contribution in [0.5, 0.6) is 0 Å². The maximum absolute atomic E-state index is 12.3.